The molecule has 0 radical (unpaired) electrons. The van der Waals surface area contributed by atoms with E-state index < -0.39 is 10.0 Å². The van der Waals surface area contributed by atoms with Gasteiger partial charge in [-0.25, -0.2) is 8.42 Å². The highest BCUT2D eigenvalue weighted by Gasteiger charge is 2.51. The molecule has 130 valence electrons. The Hall–Kier alpha value is -1.40. The minimum Gasteiger partial charge on any atom is -0.353 e. The molecule has 1 aromatic carbocycles. The minimum absolute atomic E-state index is 0.147. The lowest BCUT2D eigenvalue weighted by atomic mass is 9.71. The van der Waals surface area contributed by atoms with Crippen molar-refractivity contribution in [3.63, 3.8) is 0 Å². The van der Waals surface area contributed by atoms with Crippen LogP contribution in [0.4, 0.5) is 0 Å². The van der Waals surface area contributed by atoms with Gasteiger partial charge in [-0.3, -0.25) is 4.79 Å². The number of carbonyl (C=O) groups is 1. The maximum atomic E-state index is 12.8. The first kappa shape index (κ1) is 16.1. The summed E-state index contributed by atoms with van der Waals surface area (Å²) in [6, 6.07) is 7.17. The van der Waals surface area contributed by atoms with Gasteiger partial charge in [0.1, 0.15) is 0 Å². The van der Waals surface area contributed by atoms with E-state index in [0.717, 1.165) is 18.4 Å². The summed E-state index contributed by atoms with van der Waals surface area (Å²) in [4.78, 5) is 12.5. The molecule has 1 saturated heterocycles. The van der Waals surface area contributed by atoms with Gasteiger partial charge < -0.3 is 5.32 Å². The maximum absolute atomic E-state index is 12.8. The van der Waals surface area contributed by atoms with Crippen molar-refractivity contribution in [1.82, 2.24) is 9.62 Å². The molecule has 3 aliphatic rings. The van der Waals surface area contributed by atoms with Crippen molar-refractivity contribution >= 4 is 15.9 Å². The van der Waals surface area contributed by atoms with Gasteiger partial charge in [-0.05, 0) is 49.7 Å². The zero-order valence-corrected chi connectivity index (χ0v) is 14.9. The summed E-state index contributed by atoms with van der Waals surface area (Å²) in [5.41, 5.74) is 1.05. The molecule has 1 aliphatic heterocycles. The number of hydrogen-bond donors (Lipinski definition) is 1. The molecule has 1 amide bonds. The number of nitrogens with zero attached hydrogens (tertiary/aromatic N) is 1. The van der Waals surface area contributed by atoms with Crippen molar-refractivity contribution in [1.29, 1.82) is 0 Å². The second-order valence-corrected chi connectivity index (χ2v) is 9.67. The number of amides is 1. The molecule has 3 fully saturated rings. The molecule has 6 heteroatoms. The predicted octanol–water partition coefficient (Wildman–Crippen LogP) is 1.78. The van der Waals surface area contributed by atoms with Crippen molar-refractivity contribution in [3.05, 3.63) is 29.8 Å². The van der Waals surface area contributed by atoms with Gasteiger partial charge in [0.25, 0.3) is 0 Å². The van der Waals surface area contributed by atoms with Crippen LogP contribution in [0, 0.1) is 30.6 Å². The minimum atomic E-state index is -3.43. The summed E-state index contributed by atoms with van der Waals surface area (Å²) < 4.78 is 27.2. The summed E-state index contributed by atoms with van der Waals surface area (Å²) in [7, 11) is -3.43. The van der Waals surface area contributed by atoms with E-state index in [9.17, 15) is 13.2 Å². The molecule has 2 unspecified atom stereocenters. The lowest BCUT2D eigenvalue weighted by Crippen LogP contribution is -2.52. The van der Waals surface area contributed by atoms with Crippen molar-refractivity contribution in [3.8, 4) is 0 Å². The fourth-order valence-electron chi connectivity index (χ4n) is 4.06. The molecule has 0 spiro atoms. The molecule has 0 aromatic heterocycles. The maximum Gasteiger partial charge on any atom is 0.243 e. The van der Waals surface area contributed by atoms with Crippen LogP contribution in [0.15, 0.2) is 29.2 Å². The molecular weight excluding hydrogens is 324 g/mol. The highest BCUT2D eigenvalue weighted by Crippen LogP contribution is 2.44. The van der Waals surface area contributed by atoms with Gasteiger partial charge in [-0.2, -0.15) is 4.31 Å². The number of benzene rings is 1. The van der Waals surface area contributed by atoms with Gasteiger partial charge in [0.05, 0.1) is 4.90 Å². The van der Waals surface area contributed by atoms with E-state index in [1.165, 1.54) is 0 Å². The largest absolute Gasteiger partial charge is 0.353 e. The average molecular weight is 348 g/mol. The highest BCUT2D eigenvalue weighted by molar-refractivity contribution is 7.89. The van der Waals surface area contributed by atoms with Crippen LogP contribution < -0.4 is 5.32 Å². The third-order valence-corrected chi connectivity index (χ3v) is 7.81. The summed E-state index contributed by atoms with van der Waals surface area (Å²) in [5.74, 6) is 1.49. The summed E-state index contributed by atoms with van der Waals surface area (Å²) in [5, 5.41) is 3.14. The van der Waals surface area contributed by atoms with Crippen molar-refractivity contribution in [2.24, 2.45) is 23.7 Å². The van der Waals surface area contributed by atoms with Crippen LogP contribution in [0.5, 0.6) is 0 Å². The molecule has 1 heterocycles. The second kappa shape index (κ2) is 5.56. The Morgan fingerprint density at radius 1 is 1.17 bits per heavy atom. The van der Waals surface area contributed by atoms with Crippen molar-refractivity contribution in [2.45, 2.75) is 37.6 Å². The number of fused-ring (bicyclic) bond motifs is 1. The van der Waals surface area contributed by atoms with E-state index in [4.69, 9.17) is 0 Å². The van der Waals surface area contributed by atoms with Gasteiger partial charge in [0, 0.05) is 25.0 Å². The number of nitrogens with one attached hydrogen (secondary N) is 1. The molecule has 4 rings (SSSR count). The first-order chi connectivity index (χ1) is 11.4. The average Bonchev–Trinajstić information content (AvgIpc) is 3.15. The summed E-state index contributed by atoms with van der Waals surface area (Å²) in [6.07, 6.45) is 1.89. The van der Waals surface area contributed by atoms with E-state index in [1.807, 2.05) is 19.1 Å². The molecule has 1 aromatic rings. The van der Waals surface area contributed by atoms with Crippen molar-refractivity contribution < 1.29 is 13.2 Å². The Kier molecular flexibility index (Phi) is 3.73. The zero-order chi connectivity index (χ0) is 17.1. The molecule has 1 N–H and O–H groups in total. The van der Waals surface area contributed by atoms with Crippen LogP contribution in [-0.4, -0.2) is 37.8 Å². The van der Waals surface area contributed by atoms with Crippen molar-refractivity contribution in [2.75, 3.05) is 13.1 Å². The standard InChI is InChI=1S/C18H24N2O3S/c1-11-3-5-14(6-4-11)24(22,23)20-9-13-8-17(16(13)10-20)19-18(21)15-7-12(15)2/h3-6,12-13,15-17H,7-10H2,1-2H3,(H,19,21)/t12?,13-,15?,16+,17+/m1/s1. The number of carbonyl (C=O) groups excluding carboxylic acids is 1. The van der Waals surface area contributed by atoms with Crippen LogP contribution in [-0.2, 0) is 14.8 Å². The Morgan fingerprint density at radius 3 is 2.46 bits per heavy atom. The molecule has 2 saturated carbocycles. The zero-order valence-electron chi connectivity index (χ0n) is 14.1. The molecule has 24 heavy (non-hydrogen) atoms. The van der Waals surface area contributed by atoms with Gasteiger partial charge in [-0.1, -0.05) is 24.6 Å². The van der Waals surface area contributed by atoms with Crippen LogP contribution in [0.3, 0.4) is 0 Å². The smallest absolute Gasteiger partial charge is 0.243 e. The number of sulfonamides is 1. The van der Waals surface area contributed by atoms with E-state index in [1.54, 1.807) is 16.4 Å². The topological polar surface area (TPSA) is 66.5 Å². The lowest BCUT2D eigenvalue weighted by molar-refractivity contribution is -0.124. The molecule has 5 nitrogen and oxygen atoms in total. The third kappa shape index (κ3) is 2.65. The van der Waals surface area contributed by atoms with Gasteiger partial charge in [-0.15, -0.1) is 0 Å². The number of aryl methyl sites for hydroxylation is 1. The first-order valence-corrected chi connectivity index (χ1v) is 10.2. The first-order valence-electron chi connectivity index (χ1n) is 8.73. The van der Waals surface area contributed by atoms with E-state index in [2.05, 4.69) is 12.2 Å². The molecule has 2 aliphatic carbocycles. The van der Waals surface area contributed by atoms with Crippen LogP contribution in [0.25, 0.3) is 0 Å². The third-order valence-electron chi connectivity index (χ3n) is 5.96. The van der Waals surface area contributed by atoms with Gasteiger partial charge >= 0.3 is 0 Å². The summed E-state index contributed by atoms with van der Waals surface area (Å²) in [6.45, 7) is 5.14. The Balaban J connectivity index is 1.41. The molecule has 5 atom stereocenters. The fraction of sp³-hybridized carbons (Fsp3) is 0.611. The highest BCUT2D eigenvalue weighted by atomic mass is 32.2. The van der Waals surface area contributed by atoms with Gasteiger partial charge in [0.2, 0.25) is 15.9 Å². The van der Waals surface area contributed by atoms with Crippen LogP contribution in [0.2, 0.25) is 0 Å². The van der Waals surface area contributed by atoms with E-state index >= 15 is 0 Å². The SMILES string of the molecule is Cc1ccc(S(=O)(=O)N2C[C@H]3C[C@H](NC(=O)C4CC4C)[C@H]3C2)cc1. The van der Waals surface area contributed by atoms with Crippen LogP contribution >= 0.6 is 0 Å². The number of hydrogen-bond acceptors (Lipinski definition) is 3. The normalized spacial score (nSPS) is 35.2. The number of rotatable bonds is 4. The van der Waals surface area contributed by atoms with Crippen LogP contribution in [0.1, 0.15) is 25.3 Å². The van der Waals surface area contributed by atoms with Gasteiger partial charge in [0.15, 0.2) is 0 Å². The lowest BCUT2D eigenvalue weighted by Gasteiger charge is -2.39. The monoisotopic (exact) mass is 348 g/mol. The molecule has 0 bridgehead atoms. The summed E-state index contributed by atoms with van der Waals surface area (Å²) >= 11 is 0. The van der Waals surface area contributed by atoms with E-state index in [-0.39, 0.29) is 23.8 Å². The van der Waals surface area contributed by atoms with E-state index in [0.29, 0.717) is 29.8 Å². The Labute approximate surface area is 143 Å². The molecular formula is C18H24N2O3S. The Bertz CT molecular complexity index is 759. The fourth-order valence-corrected chi connectivity index (χ4v) is 5.60. The second-order valence-electron chi connectivity index (χ2n) is 7.73. The predicted molar refractivity (Wildman–Crippen MR) is 90.7 cm³/mol. The Morgan fingerprint density at radius 2 is 1.83 bits per heavy atom. The quantitative estimate of drug-likeness (QED) is 0.902.